The predicted molar refractivity (Wildman–Crippen MR) is 129 cm³/mol. The highest BCUT2D eigenvalue weighted by atomic mass is 32.2. The lowest BCUT2D eigenvalue weighted by atomic mass is 10.1. The van der Waals surface area contributed by atoms with Crippen LogP contribution in [0, 0.1) is 5.82 Å². The number of benzene rings is 2. The second-order valence-electron chi connectivity index (χ2n) is 7.35. The molecule has 36 heavy (non-hydrogen) atoms. The smallest absolute Gasteiger partial charge is 0.349 e. The molecule has 0 aliphatic rings. The lowest BCUT2D eigenvalue weighted by molar-refractivity contribution is 0.1000. The van der Waals surface area contributed by atoms with E-state index in [1.54, 1.807) is 24.3 Å². The molecular weight excluding hydrogens is 491 g/mol. The molecule has 0 saturated carbocycles. The number of carbonyl (C=O) groups excluding carboxylic acids is 1. The molecule has 0 fully saturated rings. The highest BCUT2D eigenvalue weighted by Crippen LogP contribution is 2.34. The van der Waals surface area contributed by atoms with Gasteiger partial charge in [0.15, 0.2) is 23.1 Å². The molecular formula is C23H21FN6O5S. The van der Waals surface area contributed by atoms with Gasteiger partial charge < -0.3 is 20.3 Å². The Morgan fingerprint density at radius 1 is 1.22 bits per heavy atom. The maximum absolute atomic E-state index is 15.4. The van der Waals surface area contributed by atoms with Crippen molar-refractivity contribution in [3.8, 4) is 23.1 Å². The van der Waals surface area contributed by atoms with Gasteiger partial charge in [0.05, 0.1) is 14.2 Å². The lowest BCUT2D eigenvalue weighted by Gasteiger charge is -2.19. The summed E-state index contributed by atoms with van der Waals surface area (Å²) in [6, 6.07) is 11.1. The van der Waals surface area contributed by atoms with Crippen molar-refractivity contribution in [1.29, 1.82) is 0 Å². The lowest BCUT2D eigenvalue weighted by Crippen LogP contribution is -2.20. The number of hydrogen-bond donors (Lipinski definition) is 4. The van der Waals surface area contributed by atoms with Crippen LogP contribution in [-0.2, 0) is 0 Å². The molecule has 0 spiro atoms. The topological polar surface area (TPSA) is 157 Å². The molecule has 2 aromatic carbocycles. The van der Waals surface area contributed by atoms with Crippen LogP contribution in [0.15, 0.2) is 64.4 Å². The molecule has 1 atom stereocenters. The van der Waals surface area contributed by atoms with Gasteiger partial charge in [0.1, 0.15) is 11.8 Å². The van der Waals surface area contributed by atoms with E-state index in [0.717, 1.165) is 16.6 Å². The summed E-state index contributed by atoms with van der Waals surface area (Å²) in [5.74, 6) is -1.35. The second-order valence-corrected chi connectivity index (χ2v) is 8.26. The number of H-pyrrole nitrogens is 1. The van der Waals surface area contributed by atoms with Gasteiger partial charge in [0, 0.05) is 28.3 Å². The normalized spacial score (nSPS) is 11.8. The van der Waals surface area contributed by atoms with Gasteiger partial charge in [-0.2, -0.15) is 4.68 Å². The standard InChI is InChI=1S/C23H21FN6O5S/c1-34-13-10-15(18(24)17(11-13)35-2)19(29-36-14-7-5-12(6-8-14)20(25)32)21-27-23(33)30(28-21)22-16(31)4-3-9-26-22/h3-11,19,29,31H,1-2H3,(H2,25,32)(H,27,28,33). The van der Waals surface area contributed by atoms with Crippen molar-refractivity contribution in [2.75, 3.05) is 14.2 Å². The number of nitrogens with two attached hydrogens (primary N) is 1. The van der Waals surface area contributed by atoms with Crippen molar-refractivity contribution in [3.63, 3.8) is 0 Å². The molecule has 0 radical (unpaired) electrons. The van der Waals surface area contributed by atoms with Crippen molar-refractivity contribution < 1.29 is 23.8 Å². The van der Waals surface area contributed by atoms with Crippen LogP contribution < -0.4 is 25.6 Å². The van der Waals surface area contributed by atoms with E-state index in [-0.39, 0.29) is 28.7 Å². The number of primary amides is 1. The first kappa shape index (κ1) is 24.8. The molecule has 0 saturated heterocycles. The summed E-state index contributed by atoms with van der Waals surface area (Å²) in [6.07, 6.45) is 1.39. The molecule has 4 rings (SSSR count). The number of nitrogens with zero attached hydrogens (tertiary/aromatic N) is 3. The monoisotopic (exact) mass is 512 g/mol. The quantitative estimate of drug-likeness (QED) is 0.247. The molecule has 186 valence electrons. The van der Waals surface area contributed by atoms with Gasteiger partial charge in [-0.3, -0.25) is 9.78 Å². The number of ether oxygens (including phenoxy) is 2. The minimum Gasteiger partial charge on any atom is -0.504 e. The summed E-state index contributed by atoms with van der Waals surface area (Å²) in [5.41, 5.74) is 4.99. The average molecular weight is 513 g/mol. The van der Waals surface area contributed by atoms with E-state index in [1.165, 1.54) is 44.7 Å². The number of pyridine rings is 1. The number of rotatable bonds is 9. The summed E-state index contributed by atoms with van der Waals surface area (Å²) < 4.78 is 29.8. The van der Waals surface area contributed by atoms with Crippen molar-refractivity contribution >= 4 is 17.9 Å². The van der Waals surface area contributed by atoms with Crippen molar-refractivity contribution in [2.24, 2.45) is 5.73 Å². The average Bonchev–Trinajstić information content (AvgIpc) is 3.26. The van der Waals surface area contributed by atoms with Crippen LogP contribution in [0.3, 0.4) is 0 Å². The van der Waals surface area contributed by atoms with Crippen molar-refractivity contribution in [1.82, 2.24) is 24.5 Å². The molecule has 5 N–H and O–H groups in total. The zero-order valence-electron chi connectivity index (χ0n) is 19.1. The van der Waals surface area contributed by atoms with Gasteiger partial charge in [-0.15, -0.1) is 5.10 Å². The summed E-state index contributed by atoms with van der Waals surface area (Å²) in [5, 5.41) is 14.4. The number of methoxy groups -OCH3 is 2. The summed E-state index contributed by atoms with van der Waals surface area (Å²) in [6.45, 7) is 0. The van der Waals surface area contributed by atoms with Crippen LogP contribution in [0.4, 0.5) is 4.39 Å². The highest BCUT2D eigenvalue weighted by Gasteiger charge is 2.27. The van der Waals surface area contributed by atoms with E-state index in [2.05, 4.69) is 19.8 Å². The van der Waals surface area contributed by atoms with Crippen LogP contribution in [0.25, 0.3) is 5.82 Å². The Kier molecular flexibility index (Phi) is 7.22. The van der Waals surface area contributed by atoms with Crippen LogP contribution >= 0.6 is 11.9 Å². The number of amides is 1. The fraction of sp³-hybridized carbons (Fsp3) is 0.130. The Hall–Kier alpha value is -4.36. The van der Waals surface area contributed by atoms with Crippen LogP contribution in [0.5, 0.6) is 17.2 Å². The maximum Gasteiger partial charge on any atom is 0.349 e. The third-order valence-corrected chi connectivity index (χ3v) is 5.98. The second kappa shape index (κ2) is 10.5. The first-order chi connectivity index (χ1) is 17.3. The van der Waals surface area contributed by atoms with Gasteiger partial charge >= 0.3 is 5.69 Å². The zero-order chi connectivity index (χ0) is 25.8. The van der Waals surface area contributed by atoms with E-state index < -0.39 is 23.5 Å². The highest BCUT2D eigenvalue weighted by molar-refractivity contribution is 7.97. The predicted octanol–water partition coefficient (Wildman–Crippen LogP) is 2.30. The van der Waals surface area contributed by atoms with Crippen LogP contribution in [0.1, 0.15) is 27.8 Å². The Labute approximate surface area is 208 Å². The van der Waals surface area contributed by atoms with E-state index in [4.69, 9.17) is 15.2 Å². The number of nitrogens with one attached hydrogen (secondary N) is 2. The van der Waals surface area contributed by atoms with E-state index in [1.807, 2.05) is 0 Å². The van der Waals surface area contributed by atoms with E-state index >= 15 is 4.39 Å². The summed E-state index contributed by atoms with van der Waals surface area (Å²) in [7, 11) is 2.74. The van der Waals surface area contributed by atoms with Crippen molar-refractivity contribution in [3.05, 3.63) is 88.0 Å². The number of aromatic hydroxyl groups is 1. The molecule has 2 heterocycles. The molecule has 0 bridgehead atoms. The first-order valence-corrected chi connectivity index (χ1v) is 11.2. The van der Waals surface area contributed by atoms with Gasteiger partial charge in [0.25, 0.3) is 0 Å². The van der Waals surface area contributed by atoms with Crippen molar-refractivity contribution in [2.45, 2.75) is 10.9 Å². The number of carbonyl (C=O) groups is 1. The number of hydrogen-bond acceptors (Lipinski definition) is 9. The van der Waals surface area contributed by atoms with Gasteiger partial charge in [-0.25, -0.2) is 18.9 Å². The molecule has 1 unspecified atom stereocenters. The first-order valence-electron chi connectivity index (χ1n) is 10.4. The van der Waals surface area contributed by atoms with Gasteiger partial charge in [-0.1, -0.05) is 0 Å². The molecule has 0 aliphatic carbocycles. The molecule has 4 aromatic rings. The fourth-order valence-corrected chi connectivity index (χ4v) is 4.08. The zero-order valence-corrected chi connectivity index (χ0v) is 19.9. The molecule has 0 aliphatic heterocycles. The SMILES string of the molecule is COc1cc(OC)c(F)c(C(NSc2ccc(C(N)=O)cc2)c2nn(-c3ncccc3O)c(=O)[nH]2)c1. The van der Waals surface area contributed by atoms with Gasteiger partial charge in [0.2, 0.25) is 11.7 Å². The third-order valence-electron chi connectivity index (χ3n) is 5.12. The maximum atomic E-state index is 15.4. The molecule has 11 nitrogen and oxygen atoms in total. The fourth-order valence-electron chi connectivity index (χ4n) is 3.32. The van der Waals surface area contributed by atoms with Crippen LogP contribution in [0.2, 0.25) is 0 Å². The van der Waals surface area contributed by atoms with E-state index in [9.17, 15) is 14.7 Å². The number of aromatic nitrogens is 4. The minimum atomic E-state index is -1.02. The molecule has 13 heteroatoms. The minimum absolute atomic E-state index is 0.0283. The molecule has 1 amide bonds. The third kappa shape index (κ3) is 5.01. The molecule has 2 aromatic heterocycles. The Morgan fingerprint density at radius 2 is 1.97 bits per heavy atom. The number of aromatic amines is 1. The summed E-state index contributed by atoms with van der Waals surface area (Å²) >= 11 is 1.10. The number of halogens is 1. The Morgan fingerprint density at radius 3 is 2.61 bits per heavy atom. The largest absolute Gasteiger partial charge is 0.504 e. The Bertz CT molecular complexity index is 1460. The summed E-state index contributed by atoms with van der Waals surface area (Å²) in [4.78, 5) is 31.3. The van der Waals surface area contributed by atoms with Gasteiger partial charge in [-0.05, 0) is 54.4 Å². The Balaban J connectivity index is 1.78. The van der Waals surface area contributed by atoms with Crippen LogP contribution in [-0.4, -0.2) is 45.0 Å². The van der Waals surface area contributed by atoms with E-state index in [0.29, 0.717) is 16.2 Å².